The van der Waals surface area contributed by atoms with Gasteiger partial charge in [0, 0.05) is 30.6 Å². The van der Waals surface area contributed by atoms with E-state index in [1.165, 1.54) is 17.7 Å². The van der Waals surface area contributed by atoms with Crippen molar-refractivity contribution in [3.63, 3.8) is 0 Å². The maximum absolute atomic E-state index is 11.1. The van der Waals surface area contributed by atoms with E-state index in [4.69, 9.17) is 14.4 Å². The van der Waals surface area contributed by atoms with Crippen LogP contribution in [0.15, 0.2) is 16.7 Å². The van der Waals surface area contributed by atoms with E-state index >= 15 is 0 Å². The van der Waals surface area contributed by atoms with E-state index in [2.05, 4.69) is 36.3 Å². The van der Waals surface area contributed by atoms with Gasteiger partial charge in [0.2, 0.25) is 5.58 Å². The van der Waals surface area contributed by atoms with E-state index in [1.807, 2.05) is 0 Å². The van der Waals surface area contributed by atoms with E-state index in [9.17, 15) is 4.79 Å². The number of aromatic nitrogens is 1. The Kier molecular flexibility index (Phi) is 5.94. The maximum Gasteiger partial charge on any atom is 0.407 e. The number of aryl methyl sites for hydroxylation is 1. The minimum atomic E-state index is -0.807. The number of fused-ring (bicyclic) bond motifs is 1. The van der Waals surface area contributed by atoms with Crippen molar-refractivity contribution in [3.8, 4) is 5.75 Å². The van der Waals surface area contributed by atoms with Crippen molar-refractivity contribution >= 4 is 17.1 Å². The predicted octanol–water partition coefficient (Wildman–Crippen LogP) is 4.00. The molecule has 1 saturated heterocycles. The summed E-state index contributed by atoms with van der Waals surface area (Å²) in [6.45, 7) is 2.81. The Labute approximate surface area is 171 Å². The van der Waals surface area contributed by atoms with Crippen LogP contribution in [0.4, 0.5) is 4.79 Å². The summed E-state index contributed by atoms with van der Waals surface area (Å²) in [6.07, 6.45) is 5.39. The molecule has 1 aromatic carbocycles. The highest BCUT2D eigenvalue weighted by Gasteiger charge is 2.25. The van der Waals surface area contributed by atoms with Crippen LogP contribution >= 0.6 is 0 Å². The molecular weight excluding hydrogens is 370 g/mol. The number of hydrogen-bond acceptors (Lipinski definition) is 5. The summed E-state index contributed by atoms with van der Waals surface area (Å²) in [5.41, 5.74) is 2.88. The van der Waals surface area contributed by atoms with Gasteiger partial charge in [-0.3, -0.25) is 0 Å². The highest BCUT2D eigenvalue weighted by molar-refractivity contribution is 5.86. The summed E-state index contributed by atoms with van der Waals surface area (Å²) >= 11 is 0. The van der Waals surface area contributed by atoms with Crippen molar-refractivity contribution in [1.29, 1.82) is 0 Å². The number of ether oxygens (including phenoxy) is 1. The third-order valence-electron chi connectivity index (χ3n) is 6.07. The Bertz CT molecular complexity index is 851. The lowest BCUT2D eigenvalue weighted by Gasteiger charge is -2.29. The van der Waals surface area contributed by atoms with Crippen LogP contribution in [-0.2, 0) is 13.0 Å². The van der Waals surface area contributed by atoms with Gasteiger partial charge >= 0.3 is 6.09 Å². The Morgan fingerprint density at radius 2 is 2.00 bits per heavy atom. The molecule has 158 valence electrons. The lowest BCUT2D eigenvalue weighted by molar-refractivity contribution is 0.123. The van der Waals surface area contributed by atoms with E-state index < -0.39 is 6.09 Å². The summed E-state index contributed by atoms with van der Waals surface area (Å²) in [7, 11) is 4.10. The first kappa shape index (κ1) is 20.0. The number of hydrogen-bond donors (Lipinski definition) is 1. The van der Waals surface area contributed by atoms with Crippen LogP contribution in [0.1, 0.15) is 43.4 Å². The van der Waals surface area contributed by atoms with Gasteiger partial charge in [-0.25, -0.2) is 4.79 Å². The first-order valence-electron chi connectivity index (χ1n) is 10.7. The smallest absolute Gasteiger partial charge is 0.407 e. The van der Waals surface area contributed by atoms with Crippen molar-refractivity contribution in [2.75, 3.05) is 33.8 Å². The fraction of sp³-hybridized carbons (Fsp3) is 0.636. The standard InChI is InChI=1S/C22H31N3O4/c1-24(2)13-17-6-7-18-19(8-5-15-9-11-25(12-10-15)22(26)27)23-29-21(18)20(17)28-14-16-3-4-16/h6-7,15-16H,3-5,8-14H2,1-2H3,(H,26,27). The van der Waals surface area contributed by atoms with Gasteiger partial charge in [0.1, 0.15) is 0 Å². The topological polar surface area (TPSA) is 79.0 Å². The Hall–Kier alpha value is -2.28. The van der Waals surface area contributed by atoms with Crippen LogP contribution < -0.4 is 4.74 Å². The Morgan fingerprint density at radius 3 is 2.66 bits per heavy atom. The number of benzene rings is 1. The number of rotatable bonds is 8. The first-order chi connectivity index (χ1) is 14.0. The molecule has 0 bridgehead atoms. The molecule has 1 N–H and O–H groups in total. The van der Waals surface area contributed by atoms with Gasteiger partial charge in [0.05, 0.1) is 12.3 Å². The quantitative estimate of drug-likeness (QED) is 0.720. The van der Waals surface area contributed by atoms with Crippen molar-refractivity contribution in [3.05, 3.63) is 23.4 Å². The lowest BCUT2D eigenvalue weighted by Crippen LogP contribution is -2.37. The van der Waals surface area contributed by atoms with Crippen molar-refractivity contribution in [2.45, 2.75) is 45.1 Å². The van der Waals surface area contributed by atoms with Gasteiger partial charge in [-0.15, -0.1) is 0 Å². The Morgan fingerprint density at radius 1 is 1.24 bits per heavy atom. The minimum Gasteiger partial charge on any atom is -0.489 e. The fourth-order valence-corrected chi connectivity index (χ4v) is 4.11. The summed E-state index contributed by atoms with van der Waals surface area (Å²) in [5, 5.41) is 14.5. The number of amides is 1. The molecule has 7 heteroatoms. The molecule has 2 aromatic rings. The van der Waals surface area contributed by atoms with Gasteiger partial charge in [0.25, 0.3) is 0 Å². The van der Waals surface area contributed by atoms with Crippen LogP contribution in [0.2, 0.25) is 0 Å². The first-order valence-corrected chi connectivity index (χ1v) is 10.7. The Balaban J connectivity index is 1.46. The summed E-state index contributed by atoms with van der Waals surface area (Å²) in [4.78, 5) is 14.7. The molecule has 1 saturated carbocycles. The molecule has 1 aliphatic carbocycles. The van der Waals surface area contributed by atoms with Crippen LogP contribution in [0.25, 0.3) is 11.0 Å². The predicted molar refractivity (Wildman–Crippen MR) is 110 cm³/mol. The number of carboxylic acid groups (broad SMARTS) is 1. The van der Waals surface area contributed by atoms with Crippen molar-refractivity contribution in [1.82, 2.24) is 15.0 Å². The van der Waals surface area contributed by atoms with Gasteiger partial charge < -0.3 is 24.2 Å². The molecule has 2 aliphatic rings. The third kappa shape index (κ3) is 4.83. The molecule has 0 atom stereocenters. The fourth-order valence-electron chi connectivity index (χ4n) is 4.11. The summed E-state index contributed by atoms with van der Waals surface area (Å²) in [5.74, 6) is 2.06. The largest absolute Gasteiger partial charge is 0.489 e. The molecule has 0 unspecified atom stereocenters. The zero-order valence-electron chi connectivity index (χ0n) is 17.4. The summed E-state index contributed by atoms with van der Waals surface area (Å²) < 4.78 is 12.0. The minimum absolute atomic E-state index is 0.538. The molecule has 1 aliphatic heterocycles. The average Bonchev–Trinajstić information content (AvgIpc) is 3.43. The number of carbonyl (C=O) groups is 1. The van der Waals surface area contributed by atoms with Crippen LogP contribution in [0.3, 0.4) is 0 Å². The monoisotopic (exact) mass is 401 g/mol. The number of nitrogens with zero attached hydrogens (tertiary/aromatic N) is 3. The highest BCUT2D eigenvalue weighted by Crippen LogP contribution is 2.36. The zero-order chi connectivity index (χ0) is 20.4. The number of likely N-dealkylation sites (tertiary alicyclic amines) is 1. The van der Waals surface area contributed by atoms with Crippen molar-refractivity contribution < 1.29 is 19.2 Å². The molecular formula is C22H31N3O4. The second kappa shape index (κ2) is 8.61. The molecule has 0 radical (unpaired) electrons. The van der Waals surface area contributed by atoms with Crippen molar-refractivity contribution in [2.24, 2.45) is 11.8 Å². The van der Waals surface area contributed by atoms with E-state index in [1.54, 1.807) is 0 Å². The average molecular weight is 402 g/mol. The maximum atomic E-state index is 11.1. The van der Waals surface area contributed by atoms with Gasteiger partial charge in [0.15, 0.2) is 5.75 Å². The van der Waals surface area contributed by atoms with E-state index in [0.29, 0.717) is 24.9 Å². The van der Waals surface area contributed by atoms with E-state index in [-0.39, 0.29) is 0 Å². The normalized spacial score (nSPS) is 18.0. The molecule has 1 aromatic heterocycles. The third-order valence-corrected chi connectivity index (χ3v) is 6.07. The SMILES string of the molecule is CN(C)Cc1ccc2c(CCC3CCN(C(=O)O)CC3)noc2c1OCC1CC1. The van der Waals surface area contributed by atoms with Crippen LogP contribution in [0, 0.1) is 11.8 Å². The second-order valence-electron chi connectivity index (χ2n) is 8.80. The molecule has 29 heavy (non-hydrogen) atoms. The van der Waals surface area contributed by atoms with Crippen LogP contribution in [-0.4, -0.2) is 59.9 Å². The molecule has 0 spiro atoms. The van der Waals surface area contributed by atoms with Gasteiger partial charge in [-0.1, -0.05) is 11.2 Å². The van der Waals surface area contributed by atoms with Crippen LogP contribution in [0.5, 0.6) is 5.75 Å². The summed E-state index contributed by atoms with van der Waals surface area (Å²) in [6, 6.07) is 4.24. The zero-order valence-corrected chi connectivity index (χ0v) is 17.4. The number of piperidine rings is 1. The molecule has 7 nitrogen and oxygen atoms in total. The highest BCUT2D eigenvalue weighted by atomic mass is 16.5. The molecule has 2 heterocycles. The van der Waals surface area contributed by atoms with E-state index in [0.717, 1.165) is 66.8 Å². The molecule has 2 fully saturated rings. The molecule has 4 rings (SSSR count). The molecule has 1 amide bonds. The van der Waals surface area contributed by atoms with Gasteiger partial charge in [-0.2, -0.15) is 0 Å². The second-order valence-corrected chi connectivity index (χ2v) is 8.80. The lowest BCUT2D eigenvalue weighted by atomic mass is 9.91. The van der Waals surface area contributed by atoms with Gasteiger partial charge in [-0.05, 0) is 70.5 Å².